The van der Waals surface area contributed by atoms with E-state index in [1.165, 1.54) is 24.3 Å². The standard InChI is InChI=1S/C21H16N2O6S/c1-10-2-4-12(15(8-10)21(24)25)18-13-5-3-11(22)9-17(13)29-19-14(18)6-7-16(23)20(19)30(26,27)28/h2-9,23H,22H2,1H3,(H,24,25)(H,26,27,28). The lowest BCUT2D eigenvalue weighted by atomic mass is 9.90. The normalized spacial score (nSPS) is 11.8. The topological polar surface area (TPSA) is 155 Å². The Labute approximate surface area is 170 Å². The number of hydrogen-bond acceptors (Lipinski definition) is 6. The lowest BCUT2D eigenvalue weighted by molar-refractivity contribution is 0.0697. The second-order valence-corrected chi connectivity index (χ2v) is 8.24. The molecule has 2 aliphatic rings. The van der Waals surface area contributed by atoms with E-state index in [0.717, 1.165) is 5.56 Å². The van der Waals surface area contributed by atoms with Gasteiger partial charge in [0.05, 0.1) is 10.9 Å². The maximum atomic E-state index is 12.0. The van der Waals surface area contributed by atoms with Crippen molar-refractivity contribution >= 4 is 32.7 Å². The molecule has 9 heteroatoms. The molecule has 0 saturated heterocycles. The molecule has 30 heavy (non-hydrogen) atoms. The van der Waals surface area contributed by atoms with Gasteiger partial charge in [0.25, 0.3) is 10.1 Å². The van der Waals surface area contributed by atoms with Crippen molar-refractivity contribution in [3.05, 3.63) is 65.0 Å². The third-order valence-corrected chi connectivity index (χ3v) is 5.72. The van der Waals surface area contributed by atoms with Gasteiger partial charge < -0.3 is 15.3 Å². The minimum atomic E-state index is -4.80. The van der Waals surface area contributed by atoms with Crippen LogP contribution in [0.1, 0.15) is 15.9 Å². The van der Waals surface area contributed by atoms with Crippen LogP contribution in [0, 0.1) is 12.3 Å². The molecule has 5 N–H and O–H groups in total. The number of fused-ring (bicyclic) bond motifs is 2. The van der Waals surface area contributed by atoms with E-state index in [2.05, 4.69) is 0 Å². The number of benzene rings is 3. The maximum Gasteiger partial charge on any atom is 0.336 e. The molecule has 8 nitrogen and oxygen atoms in total. The van der Waals surface area contributed by atoms with Crippen molar-refractivity contribution in [2.75, 3.05) is 5.73 Å². The van der Waals surface area contributed by atoms with Crippen LogP contribution in [-0.2, 0) is 10.1 Å². The largest absolute Gasteiger partial charge is 0.478 e. The molecule has 0 bridgehead atoms. The Balaban J connectivity index is 2.28. The Bertz CT molecular complexity index is 1490. The van der Waals surface area contributed by atoms with Crippen LogP contribution in [0.2, 0.25) is 0 Å². The lowest BCUT2D eigenvalue weighted by Crippen LogP contribution is -2.16. The van der Waals surface area contributed by atoms with Crippen molar-refractivity contribution in [2.45, 2.75) is 11.8 Å². The molecule has 4 rings (SSSR count). The zero-order valence-electron chi connectivity index (χ0n) is 15.6. The highest BCUT2D eigenvalue weighted by Gasteiger charge is 2.28. The van der Waals surface area contributed by atoms with Crippen molar-refractivity contribution in [3.8, 4) is 22.5 Å². The molecule has 1 aliphatic carbocycles. The van der Waals surface area contributed by atoms with Gasteiger partial charge in [-0.25, -0.2) is 4.79 Å². The molecule has 0 amide bonds. The SMILES string of the molecule is Cc1ccc(-c2c3ccc(=N)c(S(=O)(=O)O)c-3oc3cc(N)ccc23)c(C(=O)O)c1. The van der Waals surface area contributed by atoms with E-state index < -0.39 is 26.3 Å². The molecule has 0 aromatic heterocycles. The smallest absolute Gasteiger partial charge is 0.336 e. The second kappa shape index (κ2) is 6.68. The van der Waals surface area contributed by atoms with Gasteiger partial charge in [0.1, 0.15) is 5.58 Å². The van der Waals surface area contributed by atoms with E-state index in [1.54, 1.807) is 31.2 Å². The zero-order chi connectivity index (χ0) is 21.8. The van der Waals surface area contributed by atoms with Crippen LogP contribution in [0.4, 0.5) is 5.69 Å². The highest BCUT2D eigenvalue weighted by molar-refractivity contribution is 7.86. The van der Waals surface area contributed by atoms with Crippen LogP contribution in [0.15, 0.2) is 57.8 Å². The van der Waals surface area contributed by atoms with Crippen LogP contribution < -0.4 is 11.1 Å². The molecule has 0 fully saturated rings. The first-order chi connectivity index (χ1) is 14.1. The Morgan fingerprint density at radius 2 is 1.77 bits per heavy atom. The quantitative estimate of drug-likeness (QED) is 0.223. The minimum Gasteiger partial charge on any atom is -0.478 e. The number of carboxylic acid groups (broad SMARTS) is 1. The van der Waals surface area contributed by atoms with Gasteiger partial charge >= 0.3 is 5.97 Å². The number of nitrogens with one attached hydrogen (secondary N) is 1. The van der Waals surface area contributed by atoms with Crippen LogP contribution in [-0.4, -0.2) is 24.0 Å². The molecule has 1 aliphatic heterocycles. The van der Waals surface area contributed by atoms with Gasteiger partial charge in [-0.3, -0.25) is 9.96 Å². The molecule has 0 unspecified atom stereocenters. The van der Waals surface area contributed by atoms with Crippen molar-refractivity contribution in [3.63, 3.8) is 0 Å². The summed E-state index contributed by atoms with van der Waals surface area (Å²) in [4.78, 5) is 11.2. The van der Waals surface area contributed by atoms with Gasteiger partial charge in [0.2, 0.25) is 0 Å². The summed E-state index contributed by atoms with van der Waals surface area (Å²) in [6, 6.07) is 12.3. The average molecular weight is 424 g/mol. The zero-order valence-corrected chi connectivity index (χ0v) is 16.4. The summed E-state index contributed by atoms with van der Waals surface area (Å²) in [5.74, 6) is -1.41. The number of aryl methyl sites for hydroxylation is 1. The third-order valence-electron chi connectivity index (χ3n) is 4.80. The number of rotatable bonds is 3. The number of nitrogen functional groups attached to an aromatic ring is 1. The summed E-state index contributed by atoms with van der Waals surface area (Å²) in [5, 5.41) is 17.8. The van der Waals surface area contributed by atoms with E-state index in [4.69, 9.17) is 15.6 Å². The Kier molecular flexibility index (Phi) is 4.37. The van der Waals surface area contributed by atoms with Crippen molar-refractivity contribution < 1.29 is 27.3 Å². The summed E-state index contributed by atoms with van der Waals surface area (Å²) >= 11 is 0. The number of carboxylic acids is 1. The first-order valence-electron chi connectivity index (χ1n) is 8.73. The lowest BCUT2D eigenvalue weighted by Gasteiger charge is -2.18. The maximum absolute atomic E-state index is 12.0. The van der Waals surface area contributed by atoms with E-state index in [1.807, 2.05) is 0 Å². The molecule has 2 aromatic carbocycles. The summed E-state index contributed by atoms with van der Waals surface area (Å²) < 4.78 is 39.5. The monoisotopic (exact) mass is 424 g/mol. The van der Waals surface area contributed by atoms with Crippen molar-refractivity contribution in [1.82, 2.24) is 0 Å². The Hall–Kier alpha value is -3.69. The van der Waals surface area contributed by atoms with Crippen LogP contribution in [0.3, 0.4) is 0 Å². The fourth-order valence-electron chi connectivity index (χ4n) is 3.55. The first kappa shape index (κ1) is 19.6. The molecular formula is C21H16N2O6S. The predicted molar refractivity (Wildman–Crippen MR) is 110 cm³/mol. The number of nitrogens with two attached hydrogens (primary N) is 1. The second-order valence-electron chi connectivity index (χ2n) is 6.88. The molecule has 0 saturated carbocycles. The van der Waals surface area contributed by atoms with Gasteiger partial charge in [-0.05, 0) is 42.8 Å². The molecule has 0 atom stereocenters. The first-order valence-corrected chi connectivity index (χ1v) is 10.2. The Morgan fingerprint density at radius 1 is 1.07 bits per heavy atom. The van der Waals surface area contributed by atoms with Crippen LogP contribution in [0.25, 0.3) is 33.4 Å². The van der Waals surface area contributed by atoms with E-state index in [-0.39, 0.29) is 22.5 Å². The molecule has 2 aromatic rings. The fourth-order valence-corrected chi connectivity index (χ4v) is 4.28. The van der Waals surface area contributed by atoms with E-state index in [9.17, 15) is 22.9 Å². The van der Waals surface area contributed by atoms with Crippen LogP contribution >= 0.6 is 0 Å². The van der Waals surface area contributed by atoms with Gasteiger partial charge in [-0.2, -0.15) is 8.42 Å². The third kappa shape index (κ3) is 3.10. The molecule has 0 spiro atoms. The highest BCUT2D eigenvalue weighted by Crippen LogP contribution is 2.43. The Morgan fingerprint density at radius 3 is 2.43 bits per heavy atom. The van der Waals surface area contributed by atoms with Gasteiger partial charge in [0, 0.05) is 28.3 Å². The molecular weight excluding hydrogens is 408 g/mol. The number of anilines is 1. The average Bonchev–Trinajstić information content (AvgIpc) is 2.65. The van der Waals surface area contributed by atoms with Crippen molar-refractivity contribution in [2.24, 2.45) is 0 Å². The molecule has 152 valence electrons. The van der Waals surface area contributed by atoms with Gasteiger partial charge in [-0.15, -0.1) is 0 Å². The predicted octanol–water partition coefficient (Wildman–Crippen LogP) is 3.52. The number of carbonyl (C=O) groups is 1. The highest BCUT2D eigenvalue weighted by atomic mass is 32.2. The summed E-state index contributed by atoms with van der Waals surface area (Å²) in [6.07, 6.45) is 0. The van der Waals surface area contributed by atoms with Gasteiger partial charge in [-0.1, -0.05) is 17.7 Å². The summed E-state index contributed by atoms with van der Waals surface area (Å²) in [5.41, 5.74) is 8.10. The van der Waals surface area contributed by atoms with Crippen molar-refractivity contribution in [1.29, 1.82) is 5.41 Å². The number of aromatic carboxylic acids is 1. The van der Waals surface area contributed by atoms with E-state index >= 15 is 0 Å². The molecule has 1 heterocycles. The van der Waals surface area contributed by atoms with Gasteiger partial charge in [0.15, 0.2) is 10.7 Å². The van der Waals surface area contributed by atoms with Crippen LogP contribution in [0.5, 0.6) is 0 Å². The van der Waals surface area contributed by atoms with E-state index in [0.29, 0.717) is 22.2 Å². The summed E-state index contributed by atoms with van der Waals surface area (Å²) in [6.45, 7) is 1.76. The molecule has 0 radical (unpaired) electrons. The number of hydrogen-bond donors (Lipinski definition) is 4. The minimum absolute atomic E-state index is 0.0176. The summed E-state index contributed by atoms with van der Waals surface area (Å²) in [7, 11) is -4.80. The fraction of sp³-hybridized carbons (Fsp3) is 0.0476.